The Morgan fingerprint density at radius 2 is 2.05 bits per heavy atom. The Balaban J connectivity index is 2.09. The van der Waals surface area contributed by atoms with Gasteiger partial charge in [0.15, 0.2) is 0 Å². The van der Waals surface area contributed by atoms with Gasteiger partial charge in [0.2, 0.25) is 0 Å². The first-order valence-corrected chi connectivity index (χ1v) is 6.41. The third kappa shape index (κ3) is 3.47. The molecule has 3 N–H and O–H groups in total. The molecule has 1 aromatic carbocycles. The molecule has 0 spiro atoms. The van der Waals surface area contributed by atoms with Crippen molar-refractivity contribution in [3.05, 3.63) is 53.7 Å². The Kier molecular flexibility index (Phi) is 4.55. The summed E-state index contributed by atoms with van der Waals surface area (Å²) in [6.45, 7) is 2.67. The van der Waals surface area contributed by atoms with Crippen LogP contribution >= 0.6 is 0 Å². The van der Waals surface area contributed by atoms with Crippen molar-refractivity contribution in [2.24, 2.45) is 0 Å². The molecule has 2 aromatic rings. The molecular weight excluding hydrogens is 254 g/mol. The number of nitrogen functional groups attached to an aromatic ring is 1. The Morgan fingerprint density at radius 1 is 1.30 bits per heavy atom. The smallest absolute Gasteiger partial charge is 0.341 e. The molecule has 5 nitrogen and oxygen atoms in total. The number of esters is 1. The average molecular weight is 271 g/mol. The summed E-state index contributed by atoms with van der Waals surface area (Å²) in [5.41, 5.74) is 7.85. The highest BCUT2D eigenvalue weighted by molar-refractivity contribution is 5.94. The van der Waals surface area contributed by atoms with Crippen LogP contribution in [0.4, 0.5) is 11.5 Å². The number of nitrogens with one attached hydrogen (secondary N) is 1. The van der Waals surface area contributed by atoms with Crippen molar-refractivity contribution in [2.75, 3.05) is 17.7 Å². The molecule has 0 aliphatic carbocycles. The van der Waals surface area contributed by atoms with E-state index in [2.05, 4.69) is 10.3 Å². The maximum atomic E-state index is 11.8. The van der Waals surface area contributed by atoms with Gasteiger partial charge in [0.25, 0.3) is 0 Å². The second-order valence-electron chi connectivity index (χ2n) is 4.22. The van der Waals surface area contributed by atoms with E-state index >= 15 is 0 Å². The van der Waals surface area contributed by atoms with E-state index < -0.39 is 0 Å². The first-order chi connectivity index (χ1) is 9.70. The van der Waals surface area contributed by atoms with Crippen molar-refractivity contribution < 1.29 is 9.53 Å². The molecule has 0 fully saturated rings. The van der Waals surface area contributed by atoms with Gasteiger partial charge in [-0.05, 0) is 36.8 Å². The summed E-state index contributed by atoms with van der Waals surface area (Å²) < 4.78 is 5.00. The Labute approximate surface area is 117 Å². The van der Waals surface area contributed by atoms with Gasteiger partial charge in [0.05, 0.1) is 6.61 Å². The normalized spacial score (nSPS) is 10.1. The van der Waals surface area contributed by atoms with E-state index in [1.807, 2.05) is 24.3 Å². The maximum Gasteiger partial charge on any atom is 0.341 e. The van der Waals surface area contributed by atoms with Gasteiger partial charge < -0.3 is 15.8 Å². The Hall–Kier alpha value is -2.56. The van der Waals surface area contributed by atoms with Crippen molar-refractivity contribution in [3.63, 3.8) is 0 Å². The number of carbonyl (C=O) groups is 1. The number of benzene rings is 1. The molecule has 0 aliphatic heterocycles. The average Bonchev–Trinajstić information content (AvgIpc) is 2.47. The highest BCUT2D eigenvalue weighted by Gasteiger charge is 2.12. The fraction of sp³-hybridized carbons (Fsp3) is 0.200. The molecule has 2 rings (SSSR count). The van der Waals surface area contributed by atoms with Crippen molar-refractivity contribution >= 4 is 17.5 Å². The van der Waals surface area contributed by atoms with E-state index in [1.54, 1.807) is 25.3 Å². The van der Waals surface area contributed by atoms with Crippen LogP contribution in [0.15, 0.2) is 42.6 Å². The van der Waals surface area contributed by atoms with Crippen LogP contribution in [-0.2, 0) is 11.3 Å². The molecule has 0 aliphatic rings. The van der Waals surface area contributed by atoms with Crippen molar-refractivity contribution in [1.29, 1.82) is 0 Å². The van der Waals surface area contributed by atoms with Crippen LogP contribution in [0, 0.1) is 0 Å². The molecule has 0 saturated heterocycles. The lowest BCUT2D eigenvalue weighted by atomic mass is 10.2. The minimum absolute atomic E-state index is 0.338. The molecular formula is C15H17N3O2. The van der Waals surface area contributed by atoms with Crippen LogP contribution in [0.1, 0.15) is 22.8 Å². The van der Waals surface area contributed by atoms with E-state index in [0.29, 0.717) is 24.5 Å². The van der Waals surface area contributed by atoms with Crippen LogP contribution in [0.25, 0.3) is 0 Å². The Bertz CT molecular complexity index is 582. The number of hydrogen-bond acceptors (Lipinski definition) is 5. The summed E-state index contributed by atoms with van der Waals surface area (Å²) in [4.78, 5) is 16.0. The van der Waals surface area contributed by atoms with E-state index in [9.17, 15) is 4.79 Å². The summed E-state index contributed by atoms with van der Waals surface area (Å²) in [6.07, 6.45) is 1.63. The van der Waals surface area contributed by atoms with Crippen LogP contribution in [-0.4, -0.2) is 17.6 Å². The van der Waals surface area contributed by atoms with Crippen molar-refractivity contribution in [2.45, 2.75) is 13.5 Å². The summed E-state index contributed by atoms with van der Waals surface area (Å²) in [6, 6.07) is 10.9. The van der Waals surface area contributed by atoms with E-state index in [4.69, 9.17) is 10.5 Å². The minimum Gasteiger partial charge on any atom is -0.462 e. The van der Waals surface area contributed by atoms with E-state index in [-0.39, 0.29) is 5.97 Å². The number of carbonyl (C=O) groups excluding carboxylic acids is 1. The molecule has 1 aromatic heterocycles. The van der Waals surface area contributed by atoms with Gasteiger partial charge in [-0.3, -0.25) is 0 Å². The summed E-state index contributed by atoms with van der Waals surface area (Å²) in [7, 11) is 0. The zero-order valence-electron chi connectivity index (χ0n) is 11.3. The van der Waals surface area contributed by atoms with Crippen molar-refractivity contribution in [3.8, 4) is 0 Å². The first kappa shape index (κ1) is 13.9. The van der Waals surface area contributed by atoms with Gasteiger partial charge in [0, 0.05) is 18.4 Å². The summed E-state index contributed by atoms with van der Waals surface area (Å²) in [5, 5.41) is 3.14. The fourth-order valence-electron chi connectivity index (χ4n) is 1.74. The van der Waals surface area contributed by atoms with Gasteiger partial charge >= 0.3 is 5.97 Å². The molecule has 0 bridgehead atoms. The van der Waals surface area contributed by atoms with Crippen LogP contribution in [0.5, 0.6) is 0 Å². The standard InChI is InChI=1S/C15H17N3O2/c1-2-20-15(19)13-4-3-9-17-14(13)18-10-11-5-7-12(16)8-6-11/h3-9H,2,10,16H2,1H3,(H,17,18). The van der Waals surface area contributed by atoms with E-state index in [0.717, 1.165) is 11.3 Å². The molecule has 5 heteroatoms. The fourth-order valence-corrected chi connectivity index (χ4v) is 1.74. The second kappa shape index (κ2) is 6.56. The number of hydrogen-bond donors (Lipinski definition) is 2. The molecule has 0 atom stereocenters. The van der Waals surface area contributed by atoms with Crippen LogP contribution < -0.4 is 11.1 Å². The molecule has 0 saturated carbocycles. The number of rotatable bonds is 5. The predicted octanol–water partition coefficient (Wildman–Crippen LogP) is 2.45. The lowest BCUT2D eigenvalue weighted by molar-refractivity contribution is 0.0527. The lowest BCUT2D eigenvalue weighted by Gasteiger charge is -2.10. The third-order valence-corrected chi connectivity index (χ3v) is 2.74. The van der Waals surface area contributed by atoms with Gasteiger partial charge in [-0.25, -0.2) is 9.78 Å². The van der Waals surface area contributed by atoms with Gasteiger partial charge in [-0.1, -0.05) is 12.1 Å². The quantitative estimate of drug-likeness (QED) is 0.645. The molecule has 20 heavy (non-hydrogen) atoms. The van der Waals surface area contributed by atoms with Crippen molar-refractivity contribution in [1.82, 2.24) is 4.98 Å². The molecule has 1 heterocycles. The zero-order chi connectivity index (χ0) is 14.4. The SMILES string of the molecule is CCOC(=O)c1cccnc1NCc1ccc(N)cc1. The number of nitrogens with two attached hydrogens (primary N) is 1. The molecule has 0 amide bonds. The maximum absolute atomic E-state index is 11.8. The third-order valence-electron chi connectivity index (χ3n) is 2.74. The molecule has 0 unspecified atom stereocenters. The number of pyridine rings is 1. The van der Waals surface area contributed by atoms with Gasteiger partial charge in [-0.15, -0.1) is 0 Å². The van der Waals surface area contributed by atoms with Crippen LogP contribution in [0.2, 0.25) is 0 Å². The summed E-state index contributed by atoms with van der Waals surface area (Å²) in [5.74, 6) is 0.142. The zero-order valence-corrected chi connectivity index (χ0v) is 11.3. The molecule has 104 valence electrons. The van der Waals surface area contributed by atoms with Gasteiger partial charge in [0.1, 0.15) is 11.4 Å². The number of ether oxygens (including phenoxy) is 1. The highest BCUT2D eigenvalue weighted by Crippen LogP contribution is 2.14. The van der Waals surface area contributed by atoms with E-state index in [1.165, 1.54) is 0 Å². The second-order valence-corrected chi connectivity index (χ2v) is 4.22. The topological polar surface area (TPSA) is 77.2 Å². The highest BCUT2D eigenvalue weighted by atomic mass is 16.5. The van der Waals surface area contributed by atoms with Gasteiger partial charge in [-0.2, -0.15) is 0 Å². The van der Waals surface area contributed by atoms with Crippen LogP contribution in [0.3, 0.4) is 0 Å². The predicted molar refractivity (Wildman–Crippen MR) is 78.4 cm³/mol. The first-order valence-electron chi connectivity index (χ1n) is 6.41. The number of aromatic nitrogens is 1. The monoisotopic (exact) mass is 271 g/mol. The summed E-state index contributed by atoms with van der Waals surface area (Å²) >= 11 is 0. The number of anilines is 2. The largest absolute Gasteiger partial charge is 0.462 e. The Morgan fingerprint density at radius 3 is 2.75 bits per heavy atom. The lowest BCUT2D eigenvalue weighted by Crippen LogP contribution is -2.11. The minimum atomic E-state index is -0.375. The molecule has 0 radical (unpaired) electrons. The number of nitrogens with zero attached hydrogens (tertiary/aromatic N) is 1.